The molecule has 0 bridgehead atoms. The van der Waals surface area contributed by atoms with E-state index in [-0.39, 0.29) is 67.4 Å². The molecule has 4 aliphatic heterocycles. The second-order valence-electron chi connectivity index (χ2n) is 23.8. The van der Waals surface area contributed by atoms with Crippen molar-refractivity contribution in [3.05, 3.63) is 58.2 Å². The van der Waals surface area contributed by atoms with Crippen LogP contribution in [0.25, 0.3) is 10.9 Å². The zero-order valence-electron chi connectivity index (χ0n) is 52.3. The fraction of sp³-hybridized carbons (Fsp3) is 0.729. The van der Waals surface area contributed by atoms with Crippen molar-refractivity contribution in [2.75, 3.05) is 71.1 Å². The quantitative estimate of drug-likeness (QED) is 0.0373. The van der Waals surface area contributed by atoms with E-state index in [1.54, 1.807) is 11.5 Å². The average Bonchev–Trinajstić information content (AvgIpc) is 1.36. The number of carboxylic acids is 1. The highest BCUT2D eigenvalue weighted by Gasteiger charge is 2.53. The van der Waals surface area contributed by atoms with Gasteiger partial charge in [0.05, 0.1) is 56.1 Å². The maximum Gasteiger partial charge on any atom is 0.341 e. The van der Waals surface area contributed by atoms with E-state index < -0.39 is 133 Å². The Morgan fingerprint density at radius 1 is 0.859 bits per heavy atom. The minimum atomic E-state index is -1.74. The first-order valence-electron chi connectivity index (χ1n) is 31.4. The molecule has 9 rings (SSSR count). The predicted octanol–water partition coefficient (Wildman–Crippen LogP) is -5.32. The topological polar surface area (TPSA) is 523 Å². The van der Waals surface area contributed by atoms with Crippen LogP contribution in [0.4, 0.5) is 10.1 Å². The van der Waals surface area contributed by atoms with Gasteiger partial charge in [0.25, 0.3) is 5.91 Å². The van der Waals surface area contributed by atoms with Crippen molar-refractivity contribution in [1.29, 1.82) is 0 Å². The summed E-state index contributed by atoms with van der Waals surface area (Å²) in [5.74, 6) is -2.38. The molecule has 32 nitrogen and oxygen atoms in total. The van der Waals surface area contributed by atoms with E-state index in [0.29, 0.717) is 41.9 Å². The van der Waals surface area contributed by atoms with Crippen LogP contribution in [0.15, 0.2) is 35.6 Å². The number of aromatic nitrogens is 3. The van der Waals surface area contributed by atoms with Crippen LogP contribution in [0, 0.1) is 11.7 Å². The Kier molecular flexibility index (Phi) is 29.6. The molecule has 6 fully saturated rings. The molecule has 1 aromatic carbocycles. The number of primary amides is 1. The van der Waals surface area contributed by atoms with E-state index in [1.165, 1.54) is 38.0 Å². The molecule has 20 atom stereocenters. The monoisotopic (exact) mass is 1310 g/mol. The number of hydrogen-bond donors (Lipinski definition) is 19. The number of aliphatic hydroxyl groups excluding tert-OH is 10. The second-order valence-corrected chi connectivity index (χ2v) is 23.8. The Labute approximate surface area is 531 Å². The van der Waals surface area contributed by atoms with E-state index in [0.717, 1.165) is 64.7 Å². The Morgan fingerprint density at radius 3 is 2.03 bits per heavy atom. The van der Waals surface area contributed by atoms with Gasteiger partial charge in [-0.3, -0.25) is 19.4 Å². The molecule has 0 unspecified atom stereocenters. The molecule has 0 spiro atoms. The maximum atomic E-state index is 15.3. The first-order chi connectivity index (χ1) is 43.9. The Morgan fingerprint density at radius 2 is 1.50 bits per heavy atom. The molecule has 23 N–H and O–H groups in total. The number of amides is 2. The number of anilines is 1. The van der Waals surface area contributed by atoms with Crippen LogP contribution in [0.2, 0.25) is 0 Å². The minimum Gasteiger partial charge on any atom is -0.492 e. The minimum absolute atomic E-state index is 0.0599. The Hall–Kier alpha value is -5.35. The van der Waals surface area contributed by atoms with Crippen LogP contribution < -0.4 is 59.3 Å². The summed E-state index contributed by atoms with van der Waals surface area (Å²) in [6, 6.07) is -1.36. The van der Waals surface area contributed by atoms with Gasteiger partial charge in [-0.25, -0.2) is 14.2 Å². The molecule has 520 valence electrons. The molecule has 2 aromatic heterocycles. The molecule has 0 radical (unpaired) electrons. The molecule has 2 amide bonds. The van der Waals surface area contributed by atoms with Gasteiger partial charge >= 0.3 is 5.97 Å². The number of rotatable bonds is 24. The number of nitrogens with one attached hydrogen (secondary N) is 4. The number of fused-ring (bicyclic) bond motifs is 2. The number of hydrogen-bond acceptors (Lipinski definition) is 28. The van der Waals surface area contributed by atoms with E-state index in [1.807, 2.05) is 18.7 Å². The third-order valence-corrected chi connectivity index (χ3v) is 17.4. The van der Waals surface area contributed by atoms with Crippen LogP contribution in [0.5, 0.6) is 5.75 Å². The van der Waals surface area contributed by atoms with Gasteiger partial charge < -0.3 is 134 Å². The largest absolute Gasteiger partial charge is 0.492 e. The zero-order chi connectivity index (χ0) is 67.7. The van der Waals surface area contributed by atoms with E-state index >= 15 is 4.39 Å². The van der Waals surface area contributed by atoms with Crippen LogP contribution in [0.3, 0.4) is 0 Å². The summed E-state index contributed by atoms with van der Waals surface area (Å²) < 4.78 is 45.4. The summed E-state index contributed by atoms with van der Waals surface area (Å²) >= 11 is 0. The third-order valence-electron chi connectivity index (χ3n) is 17.4. The number of nitrogens with zero attached hydrogens (tertiary/aromatic N) is 4. The van der Waals surface area contributed by atoms with Gasteiger partial charge in [-0.15, -0.1) is 0 Å². The SMILES string of the molecule is CCC[C@H](O)C(=O)N[C@@H]1C[C@H](N)[C@@H](O[C@H]2O[C@H](CN)[C@@H](O)[C@H](O)[C@H]2O)[C@H](O)[C@H]1O[C@H]1O[C@H](CO)[C@@H](O)[C@H](N)[C@H]1O.CC[C@@H](CO)NCCN[C@@H](CC)CO.COc1c(N2C[C@@H]3CCCN[C@@H]3C2)c(F)cc2c(=O)c(C(=O)O)cn(C3CC3)c12.NC(=O)c1cnccn1. The summed E-state index contributed by atoms with van der Waals surface area (Å²) in [6.07, 6.45) is -7.24. The first kappa shape index (κ1) is 75.7. The van der Waals surface area contributed by atoms with Gasteiger partial charge in [-0.05, 0) is 69.9 Å². The standard InChI is InChI=1S/C23H44N4O13.C21H24FN3O4.C10H24N2O2.C5H5N3O/c1-2-3-9(29)21(36)27-8-4-7(25)19(39-23-17(34)16(33)14(31)10(5-24)37-23)18(35)20(8)40-22-15(32)12(26)13(30)11(6-28)38-22;1-29-20-17-13(19(26)14(21(27)28)9-25(17)12-4-5-12)7-15(22)18(20)24-8-11-3-2-6-23-16(11)10-24;1-3-9(7-13)11-5-6-12-10(4-2)8-14;6-5(9)4-3-7-1-2-8-4/h7-20,22-23,28-35H,2-6,24-26H2,1H3,(H,27,36);7,9,11-12,16,23H,2-6,8,10H2,1H3,(H,27,28);9-14H,3-8H2,1-2H3;1-3H,(H2,6,9)/t7-,8+,9-,10+,11+,12-,13+,14+,15+,16-,17+,18-,19+,20-,22+,23+;11-,16+;9-,10-;/m000./s1. The highest BCUT2D eigenvalue weighted by atomic mass is 19.1. The average molecular weight is 1310 g/mol. The third kappa shape index (κ3) is 19.0. The number of benzene rings is 1. The molecule has 6 aliphatic rings. The fourth-order valence-electron chi connectivity index (χ4n) is 11.8. The smallest absolute Gasteiger partial charge is 0.341 e. The van der Waals surface area contributed by atoms with Crippen LogP contribution >= 0.6 is 0 Å². The molecular weight excluding hydrogens is 1220 g/mol. The molecule has 92 heavy (non-hydrogen) atoms. The second kappa shape index (κ2) is 36.0. The number of piperidine rings is 1. The van der Waals surface area contributed by atoms with E-state index in [9.17, 15) is 65.1 Å². The van der Waals surface area contributed by atoms with Gasteiger partial charge in [-0.2, -0.15) is 0 Å². The van der Waals surface area contributed by atoms with Crippen molar-refractivity contribution < 1.29 is 98.6 Å². The van der Waals surface area contributed by atoms with Gasteiger partial charge in [0.1, 0.15) is 84.1 Å². The molecule has 2 saturated carbocycles. The molecule has 6 heterocycles. The van der Waals surface area contributed by atoms with Crippen molar-refractivity contribution in [1.82, 2.24) is 35.8 Å². The van der Waals surface area contributed by atoms with Crippen LogP contribution in [-0.4, -0.2) is 271 Å². The number of carbonyl (C=O) groups excluding carboxylic acids is 2. The molecular formula is C59H97FN12O20. The lowest BCUT2D eigenvalue weighted by atomic mass is 9.83. The highest BCUT2D eigenvalue weighted by molar-refractivity contribution is 5.97. The van der Waals surface area contributed by atoms with Crippen molar-refractivity contribution in [2.24, 2.45) is 28.9 Å². The lowest BCUT2D eigenvalue weighted by molar-refractivity contribution is -0.332. The lowest BCUT2D eigenvalue weighted by Gasteiger charge is -2.49. The molecule has 4 saturated heterocycles. The number of aliphatic hydroxyl groups is 10. The number of halogens is 1. The van der Waals surface area contributed by atoms with Crippen molar-refractivity contribution in [2.45, 2.75) is 201 Å². The van der Waals surface area contributed by atoms with Crippen molar-refractivity contribution >= 4 is 34.4 Å². The predicted molar refractivity (Wildman–Crippen MR) is 328 cm³/mol. The van der Waals surface area contributed by atoms with E-state index in [4.69, 9.17) is 56.8 Å². The van der Waals surface area contributed by atoms with Gasteiger partial charge in [-0.1, -0.05) is 27.2 Å². The number of pyridine rings is 1. The van der Waals surface area contributed by atoms with Crippen molar-refractivity contribution in [3.8, 4) is 5.75 Å². The van der Waals surface area contributed by atoms with Crippen LogP contribution in [0.1, 0.15) is 105 Å². The number of nitrogens with two attached hydrogens (primary N) is 4. The first-order valence-corrected chi connectivity index (χ1v) is 31.4. The van der Waals surface area contributed by atoms with Gasteiger partial charge in [0, 0.05) is 81.5 Å². The zero-order valence-corrected chi connectivity index (χ0v) is 52.3. The summed E-state index contributed by atoms with van der Waals surface area (Å²) in [4.78, 5) is 56.6. The van der Waals surface area contributed by atoms with Gasteiger partial charge in [0.2, 0.25) is 11.3 Å². The summed E-state index contributed by atoms with van der Waals surface area (Å²) in [5.41, 5.74) is 22.6. The van der Waals surface area contributed by atoms with Crippen molar-refractivity contribution in [3.63, 3.8) is 0 Å². The maximum absolute atomic E-state index is 15.3. The number of carboxylic acid groups (broad SMARTS) is 1. The summed E-state index contributed by atoms with van der Waals surface area (Å²) in [5, 5.41) is 122. The number of methoxy groups -OCH3 is 1. The van der Waals surface area contributed by atoms with Gasteiger partial charge in [0.15, 0.2) is 24.1 Å². The Bertz CT molecular complexity index is 2820. The van der Waals surface area contributed by atoms with Crippen LogP contribution in [-0.2, 0) is 23.7 Å². The molecule has 33 heteroatoms. The number of aromatic carboxylic acids is 1. The highest BCUT2D eigenvalue weighted by Crippen LogP contribution is 2.45. The molecule has 2 aliphatic carbocycles. The van der Waals surface area contributed by atoms with E-state index in [2.05, 4.69) is 31.2 Å². The fourth-order valence-corrected chi connectivity index (χ4v) is 11.8. The number of carbonyl (C=O) groups is 3. The number of ether oxygens (including phenoxy) is 5. The Balaban J connectivity index is 0.000000223. The molecule has 3 aromatic rings. The lowest BCUT2D eigenvalue weighted by Crippen LogP contribution is -2.69. The summed E-state index contributed by atoms with van der Waals surface area (Å²) in [7, 11) is 1.48. The normalized spacial score (nSPS) is 31.2. The summed E-state index contributed by atoms with van der Waals surface area (Å²) in [6.45, 7) is 9.41.